The Morgan fingerprint density at radius 3 is 2.24 bits per heavy atom. The fraction of sp³-hybridized carbons (Fsp3) is 0. The van der Waals surface area contributed by atoms with E-state index in [4.69, 9.17) is 4.74 Å². The molecule has 6 heteroatoms. The van der Waals surface area contributed by atoms with Gasteiger partial charge in [-0.15, -0.1) is 0 Å². The van der Waals surface area contributed by atoms with Gasteiger partial charge in [-0.05, 0) is 16.8 Å². The average molecular weight is 286 g/mol. The first-order chi connectivity index (χ1) is 9.95. The van der Waals surface area contributed by atoms with E-state index in [1.54, 1.807) is 18.2 Å². The molecule has 6 nitrogen and oxygen atoms in total. The van der Waals surface area contributed by atoms with Crippen molar-refractivity contribution in [2.45, 2.75) is 0 Å². The first kappa shape index (κ1) is 14.3. The first-order valence-electron chi connectivity index (χ1n) is 5.82. The highest BCUT2D eigenvalue weighted by molar-refractivity contribution is 6.14. The minimum absolute atomic E-state index is 0.251. The molecule has 0 saturated carbocycles. The lowest BCUT2D eigenvalue weighted by atomic mass is 9.98. The Balaban J connectivity index is 2.87. The molecule has 0 aromatic heterocycles. The second-order valence-electron chi connectivity index (χ2n) is 4.08. The fourth-order valence-electron chi connectivity index (χ4n) is 1.99. The number of carbonyl (C=O) groups is 3. The molecule has 2 rings (SSSR count). The maximum Gasteiger partial charge on any atom is 0.340 e. The Hall–Kier alpha value is -3.15. The molecule has 0 aliphatic heterocycles. The Morgan fingerprint density at radius 1 is 1.05 bits per heavy atom. The van der Waals surface area contributed by atoms with Crippen molar-refractivity contribution in [2.75, 3.05) is 0 Å². The molecular weight excluding hydrogens is 276 g/mol. The van der Waals surface area contributed by atoms with E-state index >= 15 is 0 Å². The van der Waals surface area contributed by atoms with Crippen LogP contribution in [0.15, 0.2) is 43.0 Å². The van der Waals surface area contributed by atoms with Crippen LogP contribution in [-0.4, -0.2) is 28.1 Å². The molecule has 0 fully saturated rings. The summed E-state index contributed by atoms with van der Waals surface area (Å²) < 4.78 is 4.85. The zero-order valence-electron chi connectivity index (χ0n) is 10.7. The van der Waals surface area contributed by atoms with Crippen LogP contribution in [-0.2, 0) is 4.79 Å². The first-order valence-corrected chi connectivity index (χ1v) is 5.82. The van der Waals surface area contributed by atoms with E-state index in [0.717, 1.165) is 6.08 Å². The summed E-state index contributed by atoms with van der Waals surface area (Å²) in [7, 11) is 0. The van der Waals surface area contributed by atoms with Gasteiger partial charge >= 0.3 is 17.9 Å². The number of rotatable bonds is 4. The number of carboxylic acid groups (broad SMARTS) is 2. The SMILES string of the molecule is C=CC(=O)Oc1cc2ccccc2c(C(=O)O)c1C(=O)O. The molecule has 0 saturated heterocycles. The summed E-state index contributed by atoms with van der Waals surface area (Å²) in [6, 6.07) is 7.65. The standard InChI is InChI=1S/C15H10O6/c1-2-11(16)21-10-7-8-5-3-4-6-9(8)12(14(17)18)13(10)15(19)20/h2-7H,1H2,(H,17,18)(H,19,20). The van der Waals surface area contributed by atoms with Crippen molar-refractivity contribution < 1.29 is 29.3 Å². The highest BCUT2D eigenvalue weighted by atomic mass is 16.5. The van der Waals surface area contributed by atoms with E-state index in [1.165, 1.54) is 12.1 Å². The summed E-state index contributed by atoms with van der Waals surface area (Å²) >= 11 is 0. The highest BCUT2D eigenvalue weighted by Gasteiger charge is 2.25. The number of carboxylic acids is 2. The Kier molecular flexibility index (Phi) is 3.71. The van der Waals surface area contributed by atoms with Gasteiger partial charge in [-0.2, -0.15) is 0 Å². The second-order valence-corrected chi connectivity index (χ2v) is 4.08. The number of hydrogen-bond donors (Lipinski definition) is 2. The topological polar surface area (TPSA) is 101 Å². The maximum atomic E-state index is 11.4. The van der Waals surface area contributed by atoms with Gasteiger partial charge < -0.3 is 14.9 Å². The van der Waals surface area contributed by atoms with Crippen LogP contribution in [0, 0.1) is 0 Å². The van der Waals surface area contributed by atoms with Crippen molar-refractivity contribution in [3.05, 3.63) is 54.1 Å². The monoisotopic (exact) mass is 286 g/mol. The molecule has 0 unspecified atom stereocenters. The summed E-state index contributed by atoms with van der Waals surface area (Å²) in [6.07, 6.45) is 0.862. The molecular formula is C15H10O6. The molecule has 21 heavy (non-hydrogen) atoms. The summed E-state index contributed by atoms with van der Waals surface area (Å²) in [5, 5.41) is 19.3. The highest BCUT2D eigenvalue weighted by Crippen LogP contribution is 2.31. The van der Waals surface area contributed by atoms with Gasteiger partial charge in [0.1, 0.15) is 11.3 Å². The van der Waals surface area contributed by atoms with Crippen LogP contribution in [0.1, 0.15) is 20.7 Å². The van der Waals surface area contributed by atoms with Crippen LogP contribution >= 0.6 is 0 Å². The number of fused-ring (bicyclic) bond motifs is 1. The molecule has 2 N–H and O–H groups in total. The van der Waals surface area contributed by atoms with Crippen LogP contribution < -0.4 is 4.74 Å². The summed E-state index contributed by atoms with van der Waals surface area (Å²) in [6.45, 7) is 3.21. The Labute approximate surface area is 118 Å². The molecule has 0 atom stereocenters. The fourth-order valence-corrected chi connectivity index (χ4v) is 1.99. The van der Waals surface area contributed by atoms with Gasteiger partial charge in [-0.25, -0.2) is 14.4 Å². The third-order valence-electron chi connectivity index (χ3n) is 2.82. The minimum Gasteiger partial charge on any atom is -0.478 e. The molecule has 0 heterocycles. The van der Waals surface area contributed by atoms with Crippen molar-refractivity contribution in [3.63, 3.8) is 0 Å². The zero-order valence-corrected chi connectivity index (χ0v) is 10.7. The number of hydrogen-bond acceptors (Lipinski definition) is 4. The quantitative estimate of drug-likeness (QED) is 0.508. The van der Waals surface area contributed by atoms with Gasteiger partial charge in [0.05, 0.1) is 5.56 Å². The third-order valence-corrected chi connectivity index (χ3v) is 2.82. The molecule has 0 bridgehead atoms. The van der Waals surface area contributed by atoms with Crippen molar-refractivity contribution in [3.8, 4) is 5.75 Å². The lowest BCUT2D eigenvalue weighted by Gasteiger charge is -2.12. The van der Waals surface area contributed by atoms with Crippen LogP contribution in [0.4, 0.5) is 0 Å². The number of ether oxygens (including phenoxy) is 1. The normalized spacial score (nSPS) is 10.1. The minimum atomic E-state index is -1.50. The van der Waals surface area contributed by atoms with Gasteiger partial charge in [0.15, 0.2) is 0 Å². The Bertz CT molecular complexity index is 775. The summed E-state index contributed by atoms with van der Waals surface area (Å²) in [5.74, 6) is -4.11. The molecule has 106 valence electrons. The van der Waals surface area contributed by atoms with E-state index in [1.807, 2.05) is 0 Å². The molecule has 0 radical (unpaired) electrons. The smallest absolute Gasteiger partial charge is 0.340 e. The van der Waals surface area contributed by atoms with E-state index in [9.17, 15) is 24.6 Å². The van der Waals surface area contributed by atoms with Gasteiger partial charge in [0.2, 0.25) is 0 Å². The van der Waals surface area contributed by atoms with Gasteiger partial charge in [0, 0.05) is 6.08 Å². The summed E-state index contributed by atoms with van der Waals surface area (Å²) in [4.78, 5) is 34.1. The number of esters is 1. The van der Waals surface area contributed by atoms with Crippen LogP contribution in [0.5, 0.6) is 5.75 Å². The zero-order chi connectivity index (χ0) is 15.6. The van der Waals surface area contributed by atoms with E-state index in [2.05, 4.69) is 6.58 Å². The average Bonchev–Trinajstić information content (AvgIpc) is 2.45. The van der Waals surface area contributed by atoms with Crippen molar-refractivity contribution in [1.29, 1.82) is 0 Å². The second kappa shape index (κ2) is 5.46. The molecule has 0 aliphatic rings. The molecule has 2 aromatic rings. The van der Waals surface area contributed by atoms with Crippen LogP contribution in [0.2, 0.25) is 0 Å². The molecule has 0 aliphatic carbocycles. The lowest BCUT2D eigenvalue weighted by Crippen LogP contribution is -2.14. The van der Waals surface area contributed by atoms with Gasteiger partial charge in [-0.1, -0.05) is 30.8 Å². The predicted octanol–water partition coefficient (Wildman–Crippen LogP) is 2.33. The van der Waals surface area contributed by atoms with Gasteiger partial charge in [-0.3, -0.25) is 0 Å². The van der Waals surface area contributed by atoms with E-state index in [0.29, 0.717) is 5.39 Å². The summed E-state index contributed by atoms with van der Waals surface area (Å²) in [5.41, 5.74) is -0.996. The molecule has 0 amide bonds. The predicted molar refractivity (Wildman–Crippen MR) is 73.7 cm³/mol. The lowest BCUT2D eigenvalue weighted by molar-refractivity contribution is -0.128. The third kappa shape index (κ3) is 2.59. The number of benzene rings is 2. The van der Waals surface area contributed by atoms with E-state index in [-0.39, 0.29) is 11.1 Å². The van der Waals surface area contributed by atoms with Crippen LogP contribution in [0.3, 0.4) is 0 Å². The number of aromatic carboxylic acids is 2. The van der Waals surface area contributed by atoms with Crippen LogP contribution in [0.25, 0.3) is 10.8 Å². The van der Waals surface area contributed by atoms with E-state index < -0.39 is 29.0 Å². The largest absolute Gasteiger partial charge is 0.478 e. The Morgan fingerprint density at radius 2 is 1.67 bits per heavy atom. The maximum absolute atomic E-state index is 11.4. The molecule has 2 aromatic carbocycles. The number of carbonyl (C=O) groups excluding carboxylic acids is 1. The van der Waals surface area contributed by atoms with Crippen molar-refractivity contribution in [1.82, 2.24) is 0 Å². The molecule has 0 spiro atoms. The van der Waals surface area contributed by atoms with Gasteiger partial charge in [0.25, 0.3) is 0 Å². The van der Waals surface area contributed by atoms with Crippen molar-refractivity contribution in [2.24, 2.45) is 0 Å². The van der Waals surface area contributed by atoms with Crippen molar-refractivity contribution >= 4 is 28.7 Å².